The Balaban J connectivity index is 1.83. The molecule has 1 aliphatic rings. The van der Waals surface area contributed by atoms with Gasteiger partial charge in [-0.25, -0.2) is 9.18 Å². The van der Waals surface area contributed by atoms with Crippen LogP contribution in [0.5, 0.6) is 0 Å². The molecule has 0 saturated heterocycles. The predicted octanol–water partition coefficient (Wildman–Crippen LogP) is 2.91. The van der Waals surface area contributed by atoms with Crippen molar-refractivity contribution in [3.8, 4) is 0 Å². The van der Waals surface area contributed by atoms with Gasteiger partial charge in [-0.1, -0.05) is 19.4 Å². The van der Waals surface area contributed by atoms with Crippen LogP contribution in [0.4, 0.5) is 9.18 Å². The van der Waals surface area contributed by atoms with Crippen molar-refractivity contribution in [1.82, 2.24) is 10.6 Å². The Morgan fingerprint density at radius 1 is 1.45 bits per heavy atom. The first-order valence-corrected chi connectivity index (χ1v) is 8.07. The molecule has 0 fully saturated rings. The van der Waals surface area contributed by atoms with Crippen molar-refractivity contribution in [3.05, 3.63) is 35.1 Å². The molecule has 0 aromatic heterocycles. The van der Waals surface area contributed by atoms with Crippen LogP contribution in [-0.2, 0) is 6.42 Å². The van der Waals surface area contributed by atoms with Crippen LogP contribution in [0.25, 0.3) is 0 Å². The monoisotopic (exact) mass is 308 g/mol. The second kappa shape index (κ2) is 8.13. The molecule has 2 amide bonds. The number of urea groups is 1. The third-order valence-corrected chi connectivity index (χ3v) is 4.27. The molecule has 1 aliphatic carbocycles. The number of halogens is 1. The molecule has 0 spiro atoms. The lowest BCUT2D eigenvalue weighted by atomic mass is 10.0. The van der Waals surface area contributed by atoms with Crippen LogP contribution in [-0.4, -0.2) is 24.3 Å². The topological polar surface area (TPSA) is 61.4 Å². The van der Waals surface area contributed by atoms with Crippen molar-refractivity contribution in [2.45, 2.75) is 45.1 Å². The molecule has 0 radical (unpaired) electrons. The Kier molecular flexibility index (Phi) is 6.19. The van der Waals surface area contributed by atoms with Crippen LogP contribution in [0, 0.1) is 11.7 Å². The summed E-state index contributed by atoms with van der Waals surface area (Å²) in [5.74, 6) is 0.0842. The summed E-state index contributed by atoms with van der Waals surface area (Å²) >= 11 is 0. The first kappa shape index (κ1) is 16.7. The number of hydrogen-bond donors (Lipinski definition) is 3. The standard InChI is InChI=1S/C17H25FN2O2/c1-2-3-12(8-9-21)11-19-17(22)20-16-7-4-13-10-14(18)5-6-15(13)16/h5-6,10,12,16,21H,2-4,7-9,11H2,1H3,(H2,19,20,22). The van der Waals surface area contributed by atoms with Gasteiger partial charge in [-0.15, -0.1) is 0 Å². The largest absolute Gasteiger partial charge is 0.396 e. The summed E-state index contributed by atoms with van der Waals surface area (Å²) in [7, 11) is 0. The van der Waals surface area contributed by atoms with E-state index in [2.05, 4.69) is 17.6 Å². The summed E-state index contributed by atoms with van der Waals surface area (Å²) < 4.78 is 13.2. The number of carbonyl (C=O) groups is 1. The van der Waals surface area contributed by atoms with E-state index < -0.39 is 0 Å². The summed E-state index contributed by atoms with van der Waals surface area (Å²) in [6, 6.07) is 4.51. The van der Waals surface area contributed by atoms with Crippen LogP contribution >= 0.6 is 0 Å². The Morgan fingerprint density at radius 3 is 3.00 bits per heavy atom. The van der Waals surface area contributed by atoms with E-state index in [1.54, 1.807) is 12.1 Å². The number of amides is 2. The molecule has 2 atom stereocenters. The lowest BCUT2D eigenvalue weighted by Gasteiger charge is -2.18. The Morgan fingerprint density at radius 2 is 2.27 bits per heavy atom. The maximum absolute atomic E-state index is 13.2. The lowest BCUT2D eigenvalue weighted by Crippen LogP contribution is -2.39. The fraction of sp³-hybridized carbons (Fsp3) is 0.588. The van der Waals surface area contributed by atoms with Crippen molar-refractivity contribution < 1.29 is 14.3 Å². The summed E-state index contributed by atoms with van der Waals surface area (Å²) in [5, 5.41) is 14.9. The van der Waals surface area contributed by atoms with Crippen molar-refractivity contribution in [2.24, 2.45) is 5.92 Å². The van der Waals surface area contributed by atoms with E-state index in [9.17, 15) is 9.18 Å². The van der Waals surface area contributed by atoms with E-state index in [-0.39, 0.29) is 24.5 Å². The fourth-order valence-corrected chi connectivity index (χ4v) is 3.12. The van der Waals surface area contributed by atoms with Gasteiger partial charge in [-0.05, 0) is 54.9 Å². The maximum Gasteiger partial charge on any atom is 0.315 e. The Hall–Kier alpha value is -1.62. The molecule has 0 bridgehead atoms. The van der Waals surface area contributed by atoms with Gasteiger partial charge in [0.15, 0.2) is 0 Å². The number of nitrogens with one attached hydrogen (secondary N) is 2. The van der Waals surface area contributed by atoms with E-state index in [1.807, 2.05) is 0 Å². The number of aliphatic hydroxyl groups is 1. The summed E-state index contributed by atoms with van der Waals surface area (Å²) in [4.78, 5) is 12.0. The quantitative estimate of drug-likeness (QED) is 0.725. The fourth-order valence-electron chi connectivity index (χ4n) is 3.12. The first-order chi connectivity index (χ1) is 10.6. The predicted molar refractivity (Wildman–Crippen MR) is 84.1 cm³/mol. The second-order valence-corrected chi connectivity index (χ2v) is 5.96. The lowest BCUT2D eigenvalue weighted by molar-refractivity contribution is 0.226. The Bertz CT molecular complexity index is 501. The average molecular weight is 308 g/mol. The number of aliphatic hydroxyl groups excluding tert-OH is 1. The number of benzene rings is 1. The van der Waals surface area contributed by atoms with Gasteiger partial charge in [0.05, 0.1) is 6.04 Å². The summed E-state index contributed by atoms with van der Waals surface area (Å²) in [6.07, 6.45) is 4.34. The minimum absolute atomic E-state index is 0.0435. The molecule has 3 N–H and O–H groups in total. The molecule has 122 valence electrons. The minimum Gasteiger partial charge on any atom is -0.396 e. The highest BCUT2D eigenvalue weighted by molar-refractivity contribution is 5.74. The van der Waals surface area contributed by atoms with Crippen LogP contribution < -0.4 is 10.6 Å². The number of carbonyl (C=O) groups excluding carboxylic acids is 1. The zero-order chi connectivity index (χ0) is 15.9. The van der Waals surface area contributed by atoms with Gasteiger partial charge in [0.1, 0.15) is 5.82 Å². The van der Waals surface area contributed by atoms with E-state index in [4.69, 9.17) is 5.11 Å². The number of hydrogen-bond acceptors (Lipinski definition) is 2. The van der Waals surface area contributed by atoms with Gasteiger partial charge >= 0.3 is 6.03 Å². The molecular weight excluding hydrogens is 283 g/mol. The van der Waals surface area contributed by atoms with Gasteiger partial charge in [-0.2, -0.15) is 0 Å². The highest BCUT2D eigenvalue weighted by atomic mass is 19.1. The first-order valence-electron chi connectivity index (χ1n) is 8.07. The van der Waals surface area contributed by atoms with Gasteiger partial charge < -0.3 is 15.7 Å². The van der Waals surface area contributed by atoms with Gasteiger partial charge in [0.2, 0.25) is 0 Å². The summed E-state index contributed by atoms with van der Waals surface area (Å²) in [5.41, 5.74) is 1.99. The molecule has 1 aromatic rings. The second-order valence-electron chi connectivity index (χ2n) is 5.96. The summed E-state index contributed by atoms with van der Waals surface area (Å²) in [6.45, 7) is 2.82. The van der Waals surface area contributed by atoms with E-state index in [0.717, 1.165) is 36.8 Å². The molecule has 0 saturated carbocycles. The van der Waals surface area contributed by atoms with E-state index in [1.165, 1.54) is 6.07 Å². The Labute approximate surface area is 131 Å². The molecule has 1 aromatic carbocycles. The zero-order valence-electron chi connectivity index (χ0n) is 13.1. The van der Waals surface area contributed by atoms with Gasteiger partial charge in [-0.3, -0.25) is 0 Å². The van der Waals surface area contributed by atoms with Crippen LogP contribution in [0.3, 0.4) is 0 Å². The van der Waals surface area contributed by atoms with Gasteiger partial charge in [0.25, 0.3) is 0 Å². The third-order valence-electron chi connectivity index (χ3n) is 4.27. The smallest absolute Gasteiger partial charge is 0.315 e. The highest BCUT2D eigenvalue weighted by Crippen LogP contribution is 2.31. The van der Waals surface area contributed by atoms with Crippen LogP contribution in [0.15, 0.2) is 18.2 Å². The molecular formula is C17H25FN2O2. The van der Waals surface area contributed by atoms with Gasteiger partial charge in [0, 0.05) is 13.2 Å². The van der Waals surface area contributed by atoms with Crippen molar-refractivity contribution in [2.75, 3.05) is 13.2 Å². The normalized spacial score (nSPS) is 17.9. The molecule has 4 nitrogen and oxygen atoms in total. The van der Waals surface area contributed by atoms with Crippen molar-refractivity contribution >= 4 is 6.03 Å². The average Bonchev–Trinajstić information content (AvgIpc) is 2.87. The zero-order valence-corrected chi connectivity index (χ0v) is 13.1. The van der Waals surface area contributed by atoms with Crippen LogP contribution in [0.1, 0.15) is 49.8 Å². The molecule has 5 heteroatoms. The molecule has 0 aliphatic heterocycles. The molecule has 22 heavy (non-hydrogen) atoms. The van der Waals surface area contributed by atoms with E-state index >= 15 is 0 Å². The van der Waals surface area contributed by atoms with Crippen LogP contribution in [0.2, 0.25) is 0 Å². The van der Waals surface area contributed by atoms with Crippen molar-refractivity contribution in [3.63, 3.8) is 0 Å². The number of fused-ring (bicyclic) bond motifs is 1. The van der Waals surface area contributed by atoms with E-state index in [0.29, 0.717) is 18.9 Å². The molecule has 0 heterocycles. The highest BCUT2D eigenvalue weighted by Gasteiger charge is 2.24. The number of rotatable bonds is 7. The minimum atomic E-state index is -0.227. The maximum atomic E-state index is 13.2. The van der Waals surface area contributed by atoms with Crippen molar-refractivity contribution in [1.29, 1.82) is 0 Å². The third kappa shape index (κ3) is 4.44. The SMILES string of the molecule is CCCC(CCO)CNC(=O)NC1CCc2cc(F)ccc21. The number of aryl methyl sites for hydroxylation is 1. The molecule has 2 rings (SSSR count). The molecule has 2 unspecified atom stereocenters.